The van der Waals surface area contributed by atoms with Gasteiger partial charge in [0.25, 0.3) is 0 Å². The van der Waals surface area contributed by atoms with Gasteiger partial charge in [-0.25, -0.2) is 28.3 Å². The Morgan fingerprint density at radius 2 is 1.04 bits per heavy atom. The Labute approximate surface area is 316 Å². The van der Waals surface area contributed by atoms with Crippen molar-refractivity contribution in [1.29, 1.82) is 0 Å². The van der Waals surface area contributed by atoms with E-state index in [1.54, 1.807) is 97.0 Å². The maximum Gasteiger partial charge on any atom is 0.408 e. The van der Waals surface area contributed by atoms with Crippen molar-refractivity contribution in [2.24, 2.45) is 0 Å². The van der Waals surface area contributed by atoms with Crippen molar-refractivity contribution in [2.45, 2.75) is 89.9 Å². The average Bonchev–Trinajstić information content (AvgIpc) is 3.03. The van der Waals surface area contributed by atoms with Crippen LogP contribution in [0.4, 0.5) is 18.4 Å². The molecule has 280 valence electrons. The van der Waals surface area contributed by atoms with E-state index in [0.29, 0.717) is 10.3 Å². The summed E-state index contributed by atoms with van der Waals surface area (Å²) in [6.45, 7) is 13.5. The van der Waals surface area contributed by atoms with Gasteiger partial charge in [-0.15, -0.1) is 0 Å². The highest BCUT2D eigenvalue weighted by Gasteiger charge is 2.42. The summed E-state index contributed by atoms with van der Waals surface area (Å²) in [5, 5.41) is 27.3. The van der Waals surface area contributed by atoms with E-state index in [1.807, 2.05) is 0 Å². The highest BCUT2D eigenvalue weighted by molar-refractivity contribution is 9.10. The minimum atomic E-state index is -1.48. The second-order valence-corrected chi connectivity index (χ2v) is 15.4. The van der Waals surface area contributed by atoms with Crippen LogP contribution in [0, 0.1) is 11.6 Å². The Kier molecular flexibility index (Phi) is 13.9. The molecular formula is C38H44BrClF2N4O6. The number of ether oxygens (including phenoxy) is 2. The number of benzene rings is 2. The summed E-state index contributed by atoms with van der Waals surface area (Å²) in [5.41, 5.74) is -3.67. The van der Waals surface area contributed by atoms with Crippen molar-refractivity contribution in [1.82, 2.24) is 20.6 Å². The van der Waals surface area contributed by atoms with E-state index in [0.717, 1.165) is 0 Å². The zero-order chi connectivity index (χ0) is 39.1. The molecule has 2 heterocycles. The summed E-state index contributed by atoms with van der Waals surface area (Å²) in [7, 11) is 0. The molecule has 4 N–H and O–H groups in total. The molecule has 4 aromatic rings. The first-order valence-electron chi connectivity index (χ1n) is 16.2. The second kappa shape index (κ2) is 17.1. The van der Waals surface area contributed by atoms with E-state index >= 15 is 0 Å². The van der Waals surface area contributed by atoms with E-state index in [2.05, 4.69) is 36.5 Å². The molecule has 0 radical (unpaired) electrons. The molecule has 0 aliphatic rings. The molecular weight excluding hydrogens is 762 g/mol. The number of rotatable bonds is 8. The summed E-state index contributed by atoms with van der Waals surface area (Å²) >= 11 is 9.24. The van der Waals surface area contributed by atoms with Crippen molar-refractivity contribution in [3.63, 3.8) is 0 Å². The molecule has 0 bridgehead atoms. The molecule has 0 spiro atoms. The molecule has 2 aromatic heterocycles. The van der Waals surface area contributed by atoms with Crippen LogP contribution >= 0.6 is 27.5 Å². The van der Waals surface area contributed by atoms with Crippen molar-refractivity contribution in [3.8, 4) is 0 Å². The lowest BCUT2D eigenvalue weighted by Gasteiger charge is -2.36. The van der Waals surface area contributed by atoms with Crippen LogP contribution in [0.2, 0.25) is 5.15 Å². The van der Waals surface area contributed by atoms with E-state index < -0.39 is 58.3 Å². The highest BCUT2D eigenvalue weighted by Crippen LogP contribution is 2.37. The molecule has 0 saturated carbocycles. The monoisotopic (exact) mass is 804 g/mol. The lowest BCUT2D eigenvalue weighted by Crippen LogP contribution is -2.50. The van der Waals surface area contributed by atoms with Gasteiger partial charge < -0.3 is 30.3 Å². The summed E-state index contributed by atoms with van der Waals surface area (Å²) in [6, 6.07) is 21.5. The normalized spacial score (nSPS) is 15.0. The average molecular weight is 806 g/mol. The maximum absolute atomic E-state index is 14.2. The summed E-state index contributed by atoms with van der Waals surface area (Å²) in [4.78, 5) is 33.2. The van der Waals surface area contributed by atoms with Crippen LogP contribution in [0.1, 0.15) is 90.1 Å². The Hall–Kier alpha value is -4.17. The minimum absolute atomic E-state index is 0.0211. The van der Waals surface area contributed by atoms with Gasteiger partial charge in [-0.3, -0.25) is 0 Å². The SMILES string of the molecule is CC(C)(C)OC(=O)NC(C)(c1cccc(Br)n1)C(O)c1ccccc1F.CC(C)(C)OC(=O)NC(C)(c1cccc(Cl)n1)C(O)c1ccccc1F. The Bertz CT molecular complexity index is 1720. The fourth-order valence-corrected chi connectivity index (χ4v) is 5.49. The quantitative estimate of drug-likeness (QED) is 0.130. The Morgan fingerprint density at radius 3 is 1.40 bits per heavy atom. The molecule has 2 aromatic carbocycles. The van der Waals surface area contributed by atoms with Gasteiger partial charge in [0.05, 0.1) is 11.4 Å². The molecule has 0 fully saturated rings. The summed E-state index contributed by atoms with van der Waals surface area (Å²) in [5.74, 6) is -1.17. The summed E-state index contributed by atoms with van der Waals surface area (Å²) < 4.78 is 39.6. The smallest absolute Gasteiger partial charge is 0.408 e. The first-order chi connectivity index (χ1) is 24.1. The number of aliphatic hydroxyl groups excluding tert-OH is 2. The second-order valence-electron chi connectivity index (χ2n) is 14.2. The third-order valence-electron chi connectivity index (χ3n) is 7.51. The fraction of sp³-hybridized carbons (Fsp3) is 0.368. The lowest BCUT2D eigenvalue weighted by molar-refractivity contribution is 0.0210. The number of carbonyl (C=O) groups is 2. The number of hydrogen-bond donors (Lipinski definition) is 4. The molecule has 0 saturated heterocycles. The van der Waals surface area contributed by atoms with Gasteiger partial charge in [0.15, 0.2) is 0 Å². The number of alkyl carbamates (subject to hydrolysis) is 2. The standard InChI is InChI=1S/C19H22BrFN2O3.C19H22ClFN2O3/c2*1-18(2,3)26-17(25)23-19(4,14-10-7-11-15(20)22-14)16(24)12-8-5-6-9-13(12)21/h2*5-11,16,24H,1-4H3,(H,23,25). The number of carbonyl (C=O) groups excluding carboxylic acids is 2. The van der Waals surface area contributed by atoms with Gasteiger partial charge in [0.2, 0.25) is 0 Å². The molecule has 4 unspecified atom stereocenters. The minimum Gasteiger partial charge on any atom is -0.444 e. The van der Waals surface area contributed by atoms with Gasteiger partial charge in [-0.2, -0.15) is 0 Å². The molecule has 0 aliphatic heterocycles. The molecule has 14 heteroatoms. The van der Waals surface area contributed by atoms with E-state index in [1.165, 1.54) is 43.3 Å². The zero-order valence-corrected chi connectivity index (χ0v) is 32.5. The molecule has 10 nitrogen and oxygen atoms in total. The number of nitrogens with one attached hydrogen (secondary N) is 2. The topological polar surface area (TPSA) is 143 Å². The maximum atomic E-state index is 14.2. The van der Waals surface area contributed by atoms with E-state index in [9.17, 15) is 28.6 Å². The van der Waals surface area contributed by atoms with Gasteiger partial charge in [0, 0.05) is 11.1 Å². The van der Waals surface area contributed by atoms with Crippen LogP contribution in [-0.4, -0.2) is 43.6 Å². The van der Waals surface area contributed by atoms with Crippen molar-refractivity contribution >= 4 is 39.7 Å². The van der Waals surface area contributed by atoms with Crippen LogP contribution in [0.15, 0.2) is 89.5 Å². The number of halogens is 4. The first kappa shape index (κ1) is 42.2. The lowest BCUT2D eigenvalue weighted by atomic mass is 9.85. The highest BCUT2D eigenvalue weighted by atomic mass is 79.9. The first-order valence-corrected chi connectivity index (χ1v) is 17.4. The van der Waals surface area contributed by atoms with Gasteiger partial charge in [-0.05, 0) is 108 Å². The van der Waals surface area contributed by atoms with Crippen LogP contribution in [0.5, 0.6) is 0 Å². The fourth-order valence-electron chi connectivity index (χ4n) is 4.99. The third-order valence-corrected chi connectivity index (χ3v) is 8.16. The van der Waals surface area contributed by atoms with E-state index in [4.69, 9.17) is 21.1 Å². The van der Waals surface area contributed by atoms with Crippen LogP contribution < -0.4 is 10.6 Å². The van der Waals surface area contributed by atoms with Crippen molar-refractivity contribution < 1.29 is 38.1 Å². The van der Waals surface area contributed by atoms with Gasteiger partial charge >= 0.3 is 12.2 Å². The van der Waals surface area contributed by atoms with Gasteiger partial charge in [-0.1, -0.05) is 60.1 Å². The Balaban J connectivity index is 0.000000280. The molecule has 2 amide bonds. The summed E-state index contributed by atoms with van der Waals surface area (Å²) in [6.07, 6.45) is -4.32. The number of hydrogen-bond acceptors (Lipinski definition) is 8. The predicted octanol–water partition coefficient (Wildman–Crippen LogP) is 8.80. The number of nitrogens with zero attached hydrogens (tertiary/aromatic N) is 2. The predicted molar refractivity (Wildman–Crippen MR) is 197 cm³/mol. The third kappa shape index (κ3) is 11.4. The number of aromatic nitrogens is 2. The van der Waals surface area contributed by atoms with Crippen LogP contribution in [0.3, 0.4) is 0 Å². The number of amides is 2. The number of pyridine rings is 2. The van der Waals surface area contributed by atoms with Crippen molar-refractivity contribution in [3.05, 3.63) is 129 Å². The van der Waals surface area contributed by atoms with Crippen LogP contribution in [-0.2, 0) is 20.6 Å². The largest absolute Gasteiger partial charge is 0.444 e. The number of aliphatic hydroxyl groups is 2. The van der Waals surface area contributed by atoms with Gasteiger partial charge in [0.1, 0.15) is 55.9 Å². The van der Waals surface area contributed by atoms with E-state index in [-0.39, 0.29) is 22.0 Å². The molecule has 0 aliphatic carbocycles. The molecule has 4 rings (SSSR count). The molecule has 4 atom stereocenters. The Morgan fingerprint density at radius 1 is 0.654 bits per heavy atom. The molecule has 52 heavy (non-hydrogen) atoms. The van der Waals surface area contributed by atoms with Crippen LogP contribution in [0.25, 0.3) is 0 Å². The zero-order valence-electron chi connectivity index (χ0n) is 30.2. The van der Waals surface area contributed by atoms with Crippen molar-refractivity contribution in [2.75, 3.05) is 0 Å².